The second-order valence-corrected chi connectivity index (χ2v) is 6.65. The Morgan fingerprint density at radius 1 is 1.41 bits per heavy atom. The fraction of sp³-hybridized carbons (Fsp3) is 0.714. The highest BCUT2D eigenvalue weighted by molar-refractivity contribution is 7.10. The molecule has 2 rings (SSSR count). The van der Waals surface area contributed by atoms with Gasteiger partial charge < -0.3 is 10.4 Å². The molecule has 0 aromatic carbocycles. The number of aliphatic hydroxyl groups is 1. The summed E-state index contributed by atoms with van der Waals surface area (Å²) in [5.41, 5.74) is 0.158. The van der Waals surface area contributed by atoms with E-state index >= 15 is 0 Å². The van der Waals surface area contributed by atoms with Crippen molar-refractivity contribution in [1.29, 1.82) is 0 Å². The Morgan fingerprint density at radius 3 is 2.82 bits per heavy atom. The molecule has 1 saturated carbocycles. The van der Waals surface area contributed by atoms with Gasteiger partial charge in [-0.25, -0.2) is 0 Å². The molecule has 0 spiro atoms. The van der Waals surface area contributed by atoms with Crippen LogP contribution in [0.2, 0.25) is 0 Å². The smallest absolute Gasteiger partial charge is 0.0693 e. The third-order valence-electron chi connectivity index (χ3n) is 3.72. The highest BCUT2D eigenvalue weighted by Crippen LogP contribution is 2.27. The highest BCUT2D eigenvalue weighted by atomic mass is 32.1. The summed E-state index contributed by atoms with van der Waals surface area (Å²) in [5.74, 6) is 0. The van der Waals surface area contributed by atoms with E-state index in [1.807, 2.05) is 11.3 Å². The van der Waals surface area contributed by atoms with E-state index in [2.05, 4.69) is 36.7 Å². The molecule has 0 unspecified atom stereocenters. The Balaban J connectivity index is 1.88. The molecular formula is C14H23NOS. The maximum absolute atomic E-state index is 9.94. The van der Waals surface area contributed by atoms with Crippen LogP contribution in [0.25, 0.3) is 0 Å². The van der Waals surface area contributed by atoms with Crippen LogP contribution in [0.15, 0.2) is 17.5 Å². The lowest BCUT2D eigenvalue weighted by atomic mass is 9.88. The minimum Gasteiger partial charge on any atom is -0.392 e. The molecular weight excluding hydrogens is 230 g/mol. The summed E-state index contributed by atoms with van der Waals surface area (Å²) >= 11 is 1.81. The fourth-order valence-corrected chi connectivity index (χ4v) is 3.34. The normalized spacial score (nSPS) is 26.1. The molecule has 2 atom stereocenters. The maximum atomic E-state index is 9.94. The van der Waals surface area contributed by atoms with Crippen LogP contribution in [0, 0.1) is 0 Å². The van der Waals surface area contributed by atoms with Gasteiger partial charge in [-0.05, 0) is 24.3 Å². The maximum Gasteiger partial charge on any atom is 0.0693 e. The molecule has 0 saturated heterocycles. The zero-order valence-corrected chi connectivity index (χ0v) is 11.6. The van der Waals surface area contributed by atoms with Crippen molar-refractivity contribution in [3.8, 4) is 0 Å². The van der Waals surface area contributed by atoms with Gasteiger partial charge in [0.25, 0.3) is 0 Å². The van der Waals surface area contributed by atoms with Crippen LogP contribution in [-0.2, 0) is 5.41 Å². The van der Waals surface area contributed by atoms with Gasteiger partial charge in [0.2, 0.25) is 0 Å². The molecule has 0 radical (unpaired) electrons. The Hall–Kier alpha value is -0.380. The van der Waals surface area contributed by atoms with Crippen molar-refractivity contribution in [3.63, 3.8) is 0 Å². The Bertz CT molecular complexity index is 334. The minimum absolute atomic E-state index is 0.150. The largest absolute Gasteiger partial charge is 0.392 e. The summed E-state index contributed by atoms with van der Waals surface area (Å²) in [4.78, 5) is 1.41. The van der Waals surface area contributed by atoms with E-state index in [4.69, 9.17) is 0 Å². The van der Waals surface area contributed by atoms with Crippen molar-refractivity contribution < 1.29 is 5.11 Å². The van der Waals surface area contributed by atoms with Crippen LogP contribution in [0.5, 0.6) is 0 Å². The number of hydrogen-bond donors (Lipinski definition) is 2. The topological polar surface area (TPSA) is 32.3 Å². The average Bonchev–Trinajstić information content (AvgIpc) is 2.82. The molecule has 1 aromatic heterocycles. The lowest BCUT2D eigenvalue weighted by molar-refractivity contribution is 0.0886. The average molecular weight is 253 g/mol. The van der Waals surface area contributed by atoms with Crippen molar-refractivity contribution in [2.45, 2.75) is 57.1 Å². The van der Waals surface area contributed by atoms with Crippen molar-refractivity contribution >= 4 is 11.3 Å². The first-order valence-corrected chi connectivity index (χ1v) is 7.43. The number of thiophene rings is 1. The van der Waals surface area contributed by atoms with Gasteiger partial charge in [-0.15, -0.1) is 11.3 Å². The summed E-state index contributed by atoms with van der Waals surface area (Å²) in [6, 6.07) is 4.60. The third-order valence-corrected chi connectivity index (χ3v) is 4.96. The highest BCUT2D eigenvalue weighted by Gasteiger charge is 2.27. The summed E-state index contributed by atoms with van der Waals surface area (Å²) in [6.07, 6.45) is 4.34. The Morgan fingerprint density at radius 2 is 2.18 bits per heavy atom. The van der Waals surface area contributed by atoms with Crippen LogP contribution < -0.4 is 5.32 Å². The molecule has 1 heterocycles. The van der Waals surface area contributed by atoms with Crippen LogP contribution in [0.4, 0.5) is 0 Å². The third kappa shape index (κ3) is 3.30. The van der Waals surface area contributed by atoms with Gasteiger partial charge in [-0.1, -0.05) is 32.8 Å². The van der Waals surface area contributed by atoms with E-state index in [-0.39, 0.29) is 11.5 Å². The van der Waals surface area contributed by atoms with E-state index in [9.17, 15) is 5.11 Å². The number of hydrogen-bond acceptors (Lipinski definition) is 3. The van der Waals surface area contributed by atoms with Crippen LogP contribution in [-0.4, -0.2) is 23.8 Å². The second kappa shape index (κ2) is 5.51. The van der Waals surface area contributed by atoms with Crippen molar-refractivity contribution in [3.05, 3.63) is 22.4 Å². The van der Waals surface area contributed by atoms with Gasteiger partial charge in [0, 0.05) is 22.9 Å². The summed E-state index contributed by atoms with van der Waals surface area (Å²) < 4.78 is 0. The van der Waals surface area contributed by atoms with Crippen molar-refractivity contribution in [1.82, 2.24) is 5.32 Å². The molecule has 17 heavy (non-hydrogen) atoms. The molecule has 1 aliphatic carbocycles. The lowest BCUT2D eigenvalue weighted by Crippen LogP contribution is -2.46. The summed E-state index contributed by atoms with van der Waals surface area (Å²) in [6.45, 7) is 5.47. The molecule has 1 aromatic rings. The lowest BCUT2D eigenvalue weighted by Gasteiger charge is -2.32. The first-order valence-electron chi connectivity index (χ1n) is 6.55. The molecule has 96 valence electrons. The SMILES string of the molecule is CC(C)(CN[C@H]1CCCC[C@@H]1O)c1cccs1. The van der Waals surface area contributed by atoms with Crippen molar-refractivity contribution in [2.24, 2.45) is 0 Å². The number of nitrogens with one attached hydrogen (secondary N) is 1. The molecule has 0 bridgehead atoms. The van der Waals surface area contributed by atoms with Gasteiger partial charge in [0.05, 0.1) is 6.10 Å². The molecule has 2 nitrogen and oxygen atoms in total. The molecule has 0 amide bonds. The predicted octanol–water partition coefficient (Wildman–Crippen LogP) is 2.92. The Labute approximate surface area is 108 Å². The van der Waals surface area contributed by atoms with Gasteiger partial charge >= 0.3 is 0 Å². The van der Waals surface area contributed by atoms with Crippen LogP contribution in [0.3, 0.4) is 0 Å². The van der Waals surface area contributed by atoms with Crippen LogP contribution in [0.1, 0.15) is 44.4 Å². The molecule has 1 fully saturated rings. The number of aliphatic hydroxyl groups excluding tert-OH is 1. The Kier molecular flexibility index (Phi) is 4.23. The van der Waals surface area contributed by atoms with Gasteiger partial charge in [-0.3, -0.25) is 0 Å². The van der Waals surface area contributed by atoms with E-state index in [1.165, 1.54) is 17.7 Å². The van der Waals surface area contributed by atoms with Crippen molar-refractivity contribution in [2.75, 3.05) is 6.54 Å². The molecule has 1 aliphatic rings. The molecule has 3 heteroatoms. The second-order valence-electron chi connectivity index (χ2n) is 5.70. The monoisotopic (exact) mass is 253 g/mol. The fourth-order valence-electron chi connectivity index (χ4n) is 2.49. The standard InChI is InChI=1S/C14H23NOS/c1-14(2,13-8-5-9-17-13)10-15-11-6-3-4-7-12(11)16/h5,8-9,11-12,15-16H,3-4,6-7,10H2,1-2H3/t11-,12-/m0/s1. The van der Waals surface area contributed by atoms with E-state index in [1.54, 1.807) is 0 Å². The van der Waals surface area contributed by atoms with E-state index < -0.39 is 0 Å². The number of rotatable bonds is 4. The molecule has 2 N–H and O–H groups in total. The first kappa shape index (κ1) is 13.1. The first-order chi connectivity index (χ1) is 8.09. The zero-order chi connectivity index (χ0) is 12.3. The predicted molar refractivity (Wildman–Crippen MR) is 73.6 cm³/mol. The van der Waals surface area contributed by atoms with Gasteiger partial charge in [0.15, 0.2) is 0 Å². The zero-order valence-electron chi connectivity index (χ0n) is 10.8. The van der Waals surface area contributed by atoms with Gasteiger partial charge in [-0.2, -0.15) is 0 Å². The minimum atomic E-state index is -0.150. The van der Waals surface area contributed by atoms with Crippen LogP contribution >= 0.6 is 11.3 Å². The quantitative estimate of drug-likeness (QED) is 0.865. The summed E-state index contributed by atoms with van der Waals surface area (Å²) in [5, 5.41) is 15.6. The molecule has 0 aliphatic heterocycles. The van der Waals surface area contributed by atoms with E-state index in [0.29, 0.717) is 6.04 Å². The van der Waals surface area contributed by atoms with Gasteiger partial charge in [0.1, 0.15) is 0 Å². The summed E-state index contributed by atoms with van der Waals surface area (Å²) in [7, 11) is 0. The van der Waals surface area contributed by atoms with E-state index in [0.717, 1.165) is 19.4 Å².